The molecule has 1 fully saturated rings. The minimum Gasteiger partial charge on any atom is -0.394 e. The molecule has 3 heteroatoms. The number of fused-ring (bicyclic) bond motifs is 1. The van der Waals surface area contributed by atoms with Crippen LogP contribution in [-0.2, 0) is 0 Å². The van der Waals surface area contributed by atoms with Crippen LogP contribution in [0.15, 0.2) is 48.5 Å². The first-order valence-electron chi connectivity index (χ1n) is 10.8. The molecule has 0 saturated heterocycles. The molecule has 1 nitrogen and oxygen atoms in total. The lowest BCUT2D eigenvalue weighted by molar-refractivity contribution is 0.300. The third kappa shape index (κ3) is 4.49. The van der Waals surface area contributed by atoms with Gasteiger partial charge in [0.25, 0.3) is 0 Å². The van der Waals surface area contributed by atoms with Crippen LogP contribution in [0.25, 0.3) is 21.9 Å². The molecule has 1 aliphatic carbocycles. The van der Waals surface area contributed by atoms with E-state index >= 15 is 0 Å². The van der Waals surface area contributed by atoms with Crippen LogP contribution in [0, 0.1) is 35.3 Å². The van der Waals surface area contributed by atoms with Crippen LogP contribution >= 0.6 is 0 Å². The van der Waals surface area contributed by atoms with Crippen molar-refractivity contribution < 1.29 is 8.78 Å². The third-order valence-electron chi connectivity index (χ3n) is 6.22. The van der Waals surface area contributed by atoms with Gasteiger partial charge in [-0.25, -0.2) is 8.78 Å². The van der Waals surface area contributed by atoms with Crippen LogP contribution < -0.4 is 5.73 Å². The molecule has 3 aromatic rings. The maximum atomic E-state index is 13.8. The fraction of sp³-hybridized carbons (Fsp3) is 0.333. The molecular formula is C27H27F2N. The van der Waals surface area contributed by atoms with Gasteiger partial charge in [0.1, 0.15) is 17.3 Å². The van der Waals surface area contributed by atoms with Gasteiger partial charge in [-0.2, -0.15) is 0 Å². The molecule has 3 aromatic carbocycles. The van der Waals surface area contributed by atoms with Crippen molar-refractivity contribution in [1.29, 1.82) is 0 Å². The number of benzene rings is 3. The SMILES string of the molecule is CCCC1CCC(C#Cc2ccc3cc(-c4cc(F)c(N)c(F)c4)ccc3c2)CC1. The lowest BCUT2D eigenvalue weighted by atomic mass is 9.80. The molecule has 0 radical (unpaired) electrons. The predicted molar refractivity (Wildman–Crippen MR) is 121 cm³/mol. The van der Waals surface area contributed by atoms with Crippen molar-refractivity contribution >= 4 is 16.5 Å². The summed E-state index contributed by atoms with van der Waals surface area (Å²) in [5, 5.41) is 2.07. The zero-order chi connectivity index (χ0) is 21.1. The number of hydrogen-bond donors (Lipinski definition) is 1. The summed E-state index contributed by atoms with van der Waals surface area (Å²) in [5.74, 6) is 6.76. The Hall–Kier alpha value is -2.86. The van der Waals surface area contributed by atoms with Crippen molar-refractivity contribution in [2.45, 2.75) is 45.4 Å². The first-order chi connectivity index (χ1) is 14.5. The second kappa shape index (κ2) is 8.88. The molecule has 1 saturated carbocycles. The smallest absolute Gasteiger partial charge is 0.149 e. The van der Waals surface area contributed by atoms with E-state index in [0.717, 1.165) is 27.8 Å². The summed E-state index contributed by atoms with van der Waals surface area (Å²) in [6.07, 6.45) is 7.66. The summed E-state index contributed by atoms with van der Waals surface area (Å²) in [6.45, 7) is 2.26. The summed E-state index contributed by atoms with van der Waals surface area (Å²) in [5.41, 5.74) is 7.17. The monoisotopic (exact) mass is 403 g/mol. The van der Waals surface area contributed by atoms with Crippen molar-refractivity contribution in [3.8, 4) is 23.0 Å². The van der Waals surface area contributed by atoms with E-state index in [9.17, 15) is 8.78 Å². The average Bonchev–Trinajstić information content (AvgIpc) is 2.76. The van der Waals surface area contributed by atoms with Crippen LogP contribution in [0.3, 0.4) is 0 Å². The Balaban J connectivity index is 1.52. The van der Waals surface area contributed by atoms with E-state index in [-0.39, 0.29) is 0 Å². The normalized spacial score (nSPS) is 18.8. The molecule has 30 heavy (non-hydrogen) atoms. The number of anilines is 1. The highest BCUT2D eigenvalue weighted by Crippen LogP contribution is 2.31. The number of rotatable bonds is 3. The summed E-state index contributed by atoms with van der Waals surface area (Å²) >= 11 is 0. The van der Waals surface area contributed by atoms with Gasteiger partial charge in [0.15, 0.2) is 0 Å². The van der Waals surface area contributed by atoms with Crippen molar-refractivity contribution in [2.24, 2.45) is 11.8 Å². The summed E-state index contributed by atoms with van der Waals surface area (Å²) in [6, 6.07) is 14.4. The number of nitrogen functional groups attached to an aromatic ring is 1. The first kappa shape index (κ1) is 20.4. The molecule has 2 N–H and O–H groups in total. The van der Waals surface area contributed by atoms with Gasteiger partial charge in [0, 0.05) is 11.5 Å². The van der Waals surface area contributed by atoms with Crippen molar-refractivity contribution in [3.05, 3.63) is 65.7 Å². The quantitative estimate of drug-likeness (QED) is 0.360. The fourth-order valence-corrected chi connectivity index (χ4v) is 4.44. The van der Waals surface area contributed by atoms with Gasteiger partial charge in [0.2, 0.25) is 0 Å². The van der Waals surface area contributed by atoms with Crippen molar-refractivity contribution in [2.75, 3.05) is 5.73 Å². The van der Waals surface area contributed by atoms with Crippen LogP contribution in [0.5, 0.6) is 0 Å². The molecule has 1 aliphatic rings. The minimum absolute atomic E-state index is 0.443. The molecule has 0 amide bonds. The Morgan fingerprint density at radius 2 is 1.53 bits per heavy atom. The van der Waals surface area contributed by atoms with Gasteiger partial charge in [-0.15, -0.1) is 0 Å². The number of halogens is 2. The van der Waals surface area contributed by atoms with Crippen LogP contribution in [0.4, 0.5) is 14.5 Å². The zero-order valence-electron chi connectivity index (χ0n) is 17.3. The van der Waals surface area contributed by atoms with Crippen LogP contribution in [0.2, 0.25) is 0 Å². The van der Waals surface area contributed by atoms with E-state index in [1.54, 1.807) is 0 Å². The molecule has 0 bridgehead atoms. The van der Waals surface area contributed by atoms with Gasteiger partial charge in [0.05, 0.1) is 0 Å². The van der Waals surface area contributed by atoms with Crippen LogP contribution in [-0.4, -0.2) is 0 Å². The molecule has 4 rings (SSSR count). The minimum atomic E-state index is -0.737. The Bertz CT molecular complexity index is 1090. The van der Waals surface area contributed by atoms with Crippen LogP contribution in [0.1, 0.15) is 51.0 Å². The molecule has 0 atom stereocenters. The van der Waals surface area contributed by atoms with Gasteiger partial charge < -0.3 is 5.73 Å². The molecule has 0 unspecified atom stereocenters. The Kier molecular flexibility index (Phi) is 6.04. The molecular weight excluding hydrogens is 376 g/mol. The Morgan fingerprint density at radius 3 is 2.23 bits per heavy atom. The fourth-order valence-electron chi connectivity index (χ4n) is 4.44. The van der Waals surface area contributed by atoms with E-state index in [1.165, 1.54) is 50.7 Å². The number of hydrogen-bond acceptors (Lipinski definition) is 1. The van der Waals surface area contributed by atoms with Crippen molar-refractivity contribution in [1.82, 2.24) is 0 Å². The number of nitrogens with two attached hydrogens (primary N) is 1. The maximum Gasteiger partial charge on any atom is 0.149 e. The third-order valence-corrected chi connectivity index (χ3v) is 6.22. The Morgan fingerprint density at radius 1 is 0.867 bits per heavy atom. The van der Waals surface area contributed by atoms with Crippen molar-refractivity contribution in [3.63, 3.8) is 0 Å². The van der Waals surface area contributed by atoms with Gasteiger partial charge in [-0.3, -0.25) is 0 Å². The molecule has 0 aromatic heterocycles. The zero-order valence-corrected chi connectivity index (χ0v) is 17.3. The van der Waals surface area contributed by atoms with Gasteiger partial charge in [-0.1, -0.05) is 49.8 Å². The molecule has 0 aliphatic heterocycles. The van der Waals surface area contributed by atoms with Gasteiger partial charge >= 0.3 is 0 Å². The van der Waals surface area contributed by atoms with Gasteiger partial charge in [-0.05, 0) is 83.8 Å². The summed E-state index contributed by atoms with van der Waals surface area (Å²) in [4.78, 5) is 0. The summed E-state index contributed by atoms with van der Waals surface area (Å²) < 4.78 is 27.6. The maximum absolute atomic E-state index is 13.8. The highest BCUT2D eigenvalue weighted by molar-refractivity contribution is 5.88. The van der Waals surface area contributed by atoms with E-state index in [1.807, 2.05) is 30.3 Å². The highest BCUT2D eigenvalue weighted by atomic mass is 19.1. The lowest BCUT2D eigenvalue weighted by Crippen LogP contribution is -2.13. The average molecular weight is 404 g/mol. The van der Waals surface area contributed by atoms with E-state index < -0.39 is 17.3 Å². The van der Waals surface area contributed by atoms with E-state index in [0.29, 0.717) is 11.5 Å². The Labute approximate surface area is 177 Å². The van der Waals surface area contributed by atoms with E-state index in [2.05, 4.69) is 24.8 Å². The first-order valence-corrected chi connectivity index (χ1v) is 10.8. The lowest BCUT2D eigenvalue weighted by Gasteiger charge is -2.25. The highest BCUT2D eigenvalue weighted by Gasteiger charge is 2.18. The largest absolute Gasteiger partial charge is 0.394 e. The topological polar surface area (TPSA) is 26.0 Å². The standard InChI is InChI=1S/C27H27F2N/c1-2-3-18-4-6-19(7-5-18)8-9-20-10-11-22-15-23(13-12-21(22)14-20)24-16-25(28)27(30)26(29)17-24/h10-19H,2-7,30H2,1H3. The second-order valence-corrected chi connectivity index (χ2v) is 8.41. The summed E-state index contributed by atoms with van der Waals surface area (Å²) in [7, 11) is 0. The second-order valence-electron chi connectivity index (χ2n) is 8.41. The van der Waals surface area contributed by atoms with E-state index in [4.69, 9.17) is 5.73 Å². The molecule has 154 valence electrons. The molecule has 0 spiro atoms. The molecule has 0 heterocycles. The predicted octanol–water partition coefficient (Wildman–Crippen LogP) is 7.33.